The van der Waals surface area contributed by atoms with Crippen LogP contribution in [0.3, 0.4) is 0 Å². The number of carbonyl (C=O) groups excluding carboxylic acids is 1. The van der Waals surface area contributed by atoms with Crippen molar-refractivity contribution in [3.05, 3.63) is 0 Å². The smallest absolute Gasteiger partial charge is 0.307 e. The summed E-state index contributed by atoms with van der Waals surface area (Å²) >= 11 is 0. The van der Waals surface area contributed by atoms with E-state index in [9.17, 15) is 9.59 Å². The first-order chi connectivity index (χ1) is 8.76. The average Bonchev–Trinajstić information content (AvgIpc) is 3.19. The summed E-state index contributed by atoms with van der Waals surface area (Å²) in [4.78, 5) is 27.3. The molecule has 0 radical (unpaired) electrons. The molecule has 0 saturated heterocycles. The molecule has 0 aromatic carbocycles. The zero-order valence-corrected chi connectivity index (χ0v) is 12.2. The summed E-state index contributed by atoms with van der Waals surface area (Å²) in [5.41, 5.74) is -0.403. The van der Waals surface area contributed by atoms with E-state index in [4.69, 9.17) is 5.11 Å². The number of aliphatic carboxylic acids is 1. The van der Waals surface area contributed by atoms with Gasteiger partial charge < -0.3 is 14.9 Å². The Morgan fingerprint density at radius 2 is 1.74 bits per heavy atom. The zero-order chi connectivity index (χ0) is 14.4. The van der Waals surface area contributed by atoms with Gasteiger partial charge in [-0.25, -0.2) is 0 Å². The van der Waals surface area contributed by atoms with Gasteiger partial charge in [0.05, 0.1) is 11.8 Å². The van der Waals surface area contributed by atoms with Gasteiger partial charge in [-0.3, -0.25) is 9.59 Å². The van der Waals surface area contributed by atoms with Crippen molar-refractivity contribution < 1.29 is 14.7 Å². The van der Waals surface area contributed by atoms with E-state index in [1.807, 2.05) is 13.8 Å². The molecule has 19 heavy (non-hydrogen) atoms. The number of carboxylic acid groups (broad SMARTS) is 1. The Kier molecular flexibility index (Phi) is 3.60. The Morgan fingerprint density at radius 1 is 1.16 bits per heavy atom. The van der Waals surface area contributed by atoms with Gasteiger partial charge in [0.25, 0.3) is 0 Å². The number of nitrogens with zero attached hydrogens (tertiary/aromatic N) is 2. The molecule has 2 aliphatic carbocycles. The van der Waals surface area contributed by atoms with E-state index < -0.39 is 17.3 Å². The highest BCUT2D eigenvalue weighted by molar-refractivity contribution is 5.91. The summed E-state index contributed by atoms with van der Waals surface area (Å²) in [5.74, 6) is -1.77. The Balaban J connectivity index is 1.84. The van der Waals surface area contributed by atoms with Gasteiger partial charge in [0, 0.05) is 26.2 Å². The molecule has 1 N–H and O–H groups in total. The molecule has 1 amide bonds. The number of carbonyl (C=O) groups is 2. The molecule has 5 nitrogen and oxygen atoms in total. The number of amides is 1. The minimum absolute atomic E-state index is 0.0263. The van der Waals surface area contributed by atoms with Crippen molar-refractivity contribution in [1.29, 1.82) is 0 Å². The van der Waals surface area contributed by atoms with Gasteiger partial charge in [-0.2, -0.15) is 0 Å². The molecule has 108 valence electrons. The van der Waals surface area contributed by atoms with E-state index in [-0.39, 0.29) is 11.8 Å². The lowest BCUT2D eigenvalue weighted by Crippen LogP contribution is -2.37. The summed E-state index contributed by atoms with van der Waals surface area (Å²) in [7, 11) is 3.85. The molecule has 0 heterocycles. The SMILES string of the molecule is CN(CCN(C)C1CC1)C(=O)[C@@H]1[C@H](C(=O)O)C1(C)C. The van der Waals surface area contributed by atoms with Gasteiger partial charge >= 0.3 is 5.97 Å². The van der Waals surface area contributed by atoms with Crippen LogP contribution in [0.15, 0.2) is 0 Å². The molecule has 0 aromatic rings. The quantitative estimate of drug-likeness (QED) is 0.777. The Morgan fingerprint density at radius 3 is 2.16 bits per heavy atom. The fourth-order valence-electron chi connectivity index (χ4n) is 2.91. The van der Waals surface area contributed by atoms with Gasteiger partial charge in [0.15, 0.2) is 0 Å². The maximum atomic E-state index is 12.3. The molecular weight excluding hydrogens is 244 g/mol. The lowest BCUT2D eigenvalue weighted by Gasteiger charge is -2.22. The highest BCUT2D eigenvalue weighted by atomic mass is 16.4. The second-order valence-electron chi connectivity index (χ2n) is 6.59. The lowest BCUT2D eigenvalue weighted by molar-refractivity contribution is -0.141. The van der Waals surface area contributed by atoms with Crippen LogP contribution in [0.4, 0.5) is 0 Å². The maximum absolute atomic E-state index is 12.3. The Labute approximate surface area is 114 Å². The molecule has 0 unspecified atom stereocenters. The van der Waals surface area contributed by atoms with Crippen molar-refractivity contribution in [3.8, 4) is 0 Å². The van der Waals surface area contributed by atoms with Crippen LogP contribution in [0.2, 0.25) is 0 Å². The second-order valence-corrected chi connectivity index (χ2v) is 6.59. The molecule has 2 fully saturated rings. The fraction of sp³-hybridized carbons (Fsp3) is 0.857. The largest absolute Gasteiger partial charge is 0.481 e. The van der Waals surface area contributed by atoms with Crippen molar-refractivity contribution in [3.63, 3.8) is 0 Å². The molecule has 0 aliphatic heterocycles. The third-order valence-electron chi connectivity index (χ3n) is 4.69. The van der Waals surface area contributed by atoms with E-state index in [1.165, 1.54) is 12.8 Å². The molecule has 5 heteroatoms. The minimum atomic E-state index is -0.855. The second kappa shape index (κ2) is 4.78. The summed E-state index contributed by atoms with van der Waals surface area (Å²) in [6, 6.07) is 0.688. The van der Waals surface area contributed by atoms with Crippen LogP contribution in [-0.4, -0.2) is 60.0 Å². The number of carboxylic acids is 1. The van der Waals surface area contributed by atoms with Crippen molar-refractivity contribution in [1.82, 2.24) is 9.80 Å². The molecule has 0 bridgehead atoms. The predicted octanol–water partition coefficient (Wildman–Crippen LogP) is 0.896. The fourth-order valence-corrected chi connectivity index (χ4v) is 2.91. The van der Waals surface area contributed by atoms with Crippen LogP contribution in [0, 0.1) is 17.3 Å². The van der Waals surface area contributed by atoms with Crippen molar-refractivity contribution in [2.24, 2.45) is 17.3 Å². The third kappa shape index (κ3) is 2.76. The molecular formula is C14H24N2O3. The van der Waals surface area contributed by atoms with Gasteiger partial charge in [0.1, 0.15) is 0 Å². The zero-order valence-electron chi connectivity index (χ0n) is 12.2. The standard InChI is InChI=1S/C14H24N2O3/c1-14(2)10(11(14)13(18)19)12(17)16(4)8-7-15(3)9-5-6-9/h9-11H,5-8H2,1-4H3,(H,18,19)/t10-,11+/m0/s1. The van der Waals surface area contributed by atoms with E-state index >= 15 is 0 Å². The monoisotopic (exact) mass is 268 g/mol. The lowest BCUT2D eigenvalue weighted by atomic mass is 10.1. The number of hydrogen-bond donors (Lipinski definition) is 1. The normalized spacial score (nSPS) is 28.3. The highest BCUT2D eigenvalue weighted by Crippen LogP contribution is 2.58. The predicted molar refractivity (Wildman–Crippen MR) is 71.7 cm³/mol. The van der Waals surface area contributed by atoms with Crippen molar-refractivity contribution >= 4 is 11.9 Å². The first-order valence-corrected chi connectivity index (χ1v) is 6.95. The van der Waals surface area contributed by atoms with Crippen LogP contribution in [0.1, 0.15) is 26.7 Å². The summed E-state index contributed by atoms with van der Waals surface area (Å²) in [5, 5.41) is 9.11. The van der Waals surface area contributed by atoms with Crippen LogP contribution >= 0.6 is 0 Å². The number of hydrogen-bond acceptors (Lipinski definition) is 3. The summed E-state index contributed by atoms with van der Waals surface area (Å²) < 4.78 is 0. The summed E-state index contributed by atoms with van der Waals surface area (Å²) in [6.07, 6.45) is 2.51. The van der Waals surface area contributed by atoms with Gasteiger partial charge in [0.2, 0.25) is 5.91 Å². The first kappa shape index (κ1) is 14.3. The Hall–Kier alpha value is -1.10. The van der Waals surface area contributed by atoms with Crippen molar-refractivity contribution in [2.45, 2.75) is 32.7 Å². The summed E-state index contributed by atoms with van der Waals surface area (Å²) in [6.45, 7) is 5.25. The highest BCUT2D eigenvalue weighted by Gasteiger charge is 2.66. The van der Waals surface area contributed by atoms with E-state index in [2.05, 4.69) is 11.9 Å². The van der Waals surface area contributed by atoms with Crippen LogP contribution in [0.25, 0.3) is 0 Å². The topological polar surface area (TPSA) is 60.9 Å². The van der Waals surface area contributed by atoms with Crippen LogP contribution in [-0.2, 0) is 9.59 Å². The van der Waals surface area contributed by atoms with E-state index in [1.54, 1.807) is 11.9 Å². The van der Waals surface area contributed by atoms with E-state index in [0.717, 1.165) is 6.54 Å². The van der Waals surface area contributed by atoms with Crippen molar-refractivity contribution in [2.75, 3.05) is 27.2 Å². The number of likely N-dealkylation sites (N-methyl/N-ethyl adjacent to an activating group) is 2. The molecule has 2 saturated carbocycles. The molecule has 2 rings (SSSR count). The molecule has 2 atom stereocenters. The Bertz CT molecular complexity index is 390. The van der Waals surface area contributed by atoms with Gasteiger partial charge in [-0.15, -0.1) is 0 Å². The first-order valence-electron chi connectivity index (χ1n) is 6.95. The minimum Gasteiger partial charge on any atom is -0.481 e. The third-order valence-corrected chi connectivity index (χ3v) is 4.69. The van der Waals surface area contributed by atoms with Gasteiger partial charge in [-0.05, 0) is 25.3 Å². The molecule has 0 aromatic heterocycles. The van der Waals surface area contributed by atoms with E-state index in [0.29, 0.717) is 12.6 Å². The van der Waals surface area contributed by atoms with Gasteiger partial charge in [-0.1, -0.05) is 13.8 Å². The van der Waals surface area contributed by atoms with Crippen LogP contribution < -0.4 is 0 Å². The molecule has 2 aliphatic rings. The van der Waals surface area contributed by atoms with Crippen LogP contribution in [0.5, 0.6) is 0 Å². The molecule has 0 spiro atoms. The maximum Gasteiger partial charge on any atom is 0.307 e. The number of rotatable bonds is 6. The average molecular weight is 268 g/mol.